The Morgan fingerprint density at radius 2 is 2.00 bits per heavy atom. The molecule has 0 fully saturated rings. The zero-order valence-electron chi connectivity index (χ0n) is 8.68. The SMILES string of the molecule is O=C(O)/C=C/c1c[nH]c2c(C(=O)O)cccc12. The minimum Gasteiger partial charge on any atom is -0.478 e. The Labute approximate surface area is 96.0 Å². The molecule has 0 unspecified atom stereocenters. The van der Waals surface area contributed by atoms with Crippen LogP contribution in [0.3, 0.4) is 0 Å². The Kier molecular flexibility index (Phi) is 2.66. The summed E-state index contributed by atoms with van der Waals surface area (Å²) in [5, 5.41) is 18.2. The third-order valence-electron chi connectivity index (χ3n) is 2.38. The average Bonchev–Trinajstić information content (AvgIpc) is 2.68. The maximum Gasteiger partial charge on any atom is 0.337 e. The first kappa shape index (κ1) is 10.9. The number of aromatic nitrogens is 1. The molecular weight excluding hydrogens is 222 g/mol. The van der Waals surface area contributed by atoms with E-state index in [2.05, 4.69) is 4.98 Å². The highest BCUT2D eigenvalue weighted by Crippen LogP contribution is 2.22. The van der Waals surface area contributed by atoms with Gasteiger partial charge in [0.05, 0.1) is 11.1 Å². The third kappa shape index (κ3) is 2.03. The number of aliphatic carboxylic acids is 1. The highest BCUT2D eigenvalue weighted by atomic mass is 16.4. The number of hydrogen-bond acceptors (Lipinski definition) is 2. The highest BCUT2D eigenvalue weighted by molar-refractivity contribution is 6.05. The van der Waals surface area contributed by atoms with E-state index in [9.17, 15) is 9.59 Å². The summed E-state index contributed by atoms with van der Waals surface area (Å²) in [4.78, 5) is 24.2. The topological polar surface area (TPSA) is 90.4 Å². The number of aromatic amines is 1. The fourth-order valence-corrected chi connectivity index (χ4v) is 1.65. The van der Waals surface area contributed by atoms with Gasteiger partial charge in [0.1, 0.15) is 0 Å². The molecule has 0 aliphatic carbocycles. The Bertz CT molecular complexity index is 624. The number of benzene rings is 1. The summed E-state index contributed by atoms with van der Waals surface area (Å²) in [7, 11) is 0. The summed E-state index contributed by atoms with van der Waals surface area (Å²) < 4.78 is 0. The maximum absolute atomic E-state index is 11.0. The number of H-pyrrole nitrogens is 1. The minimum atomic E-state index is -1.05. The van der Waals surface area contributed by atoms with Crippen molar-refractivity contribution in [3.8, 4) is 0 Å². The molecule has 0 aliphatic rings. The fraction of sp³-hybridized carbons (Fsp3) is 0. The Morgan fingerprint density at radius 1 is 1.24 bits per heavy atom. The van der Waals surface area contributed by atoms with Gasteiger partial charge in [0.15, 0.2) is 0 Å². The minimum absolute atomic E-state index is 0.164. The lowest BCUT2D eigenvalue weighted by atomic mass is 10.1. The van der Waals surface area contributed by atoms with Crippen LogP contribution in [0.2, 0.25) is 0 Å². The molecule has 2 aromatic rings. The van der Waals surface area contributed by atoms with Crippen molar-refractivity contribution in [3.05, 3.63) is 41.6 Å². The van der Waals surface area contributed by atoms with Crippen molar-refractivity contribution in [2.75, 3.05) is 0 Å². The molecule has 1 aromatic heterocycles. The number of carboxylic acids is 2. The van der Waals surface area contributed by atoms with Crippen LogP contribution in [0.4, 0.5) is 0 Å². The average molecular weight is 231 g/mol. The fourth-order valence-electron chi connectivity index (χ4n) is 1.65. The third-order valence-corrected chi connectivity index (χ3v) is 2.38. The molecule has 0 radical (unpaired) electrons. The first-order valence-corrected chi connectivity index (χ1v) is 4.84. The zero-order valence-corrected chi connectivity index (χ0v) is 8.68. The van der Waals surface area contributed by atoms with Crippen LogP contribution in [0.25, 0.3) is 17.0 Å². The van der Waals surface area contributed by atoms with E-state index in [1.54, 1.807) is 18.3 Å². The van der Waals surface area contributed by atoms with Crippen molar-refractivity contribution >= 4 is 28.9 Å². The summed E-state index contributed by atoms with van der Waals surface area (Å²) in [6.07, 6.45) is 4.01. The van der Waals surface area contributed by atoms with Gasteiger partial charge in [0, 0.05) is 23.2 Å². The van der Waals surface area contributed by atoms with E-state index in [1.165, 1.54) is 12.1 Å². The van der Waals surface area contributed by atoms with Gasteiger partial charge in [0.2, 0.25) is 0 Å². The predicted octanol–water partition coefficient (Wildman–Crippen LogP) is 1.96. The molecule has 0 bridgehead atoms. The Morgan fingerprint density at radius 3 is 2.65 bits per heavy atom. The molecule has 86 valence electrons. The van der Waals surface area contributed by atoms with Crippen LogP contribution >= 0.6 is 0 Å². The van der Waals surface area contributed by atoms with Gasteiger partial charge in [-0.15, -0.1) is 0 Å². The van der Waals surface area contributed by atoms with Crippen LogP contribution in [-0.2, 0) is 4.79 Å². The van der Waals surface area contributed by atoms with Crippen LogP contribution in [0, 0.1) is 0 Å². The first-order valence-electron chi connectivity index (χ1n) is 4.84. The van der Waals surface area contributed by atoms with Crippen molar-refractivity contribution in [3.63, 3.8) is 0 Å². The molecule has 1 aromatic carbocycles. The number of nitrogens with one attached hydrogen (secondary N) is 1. The summed E-state index contributed by atoms with van der Waals surface area (Å²) >= 11 is 0. The molecule has 5 nitrogen and oxygen atoms in total. The van der Waals surface area contributed by atoms with Crippen LogP contribution < -0.4 is 0 Å². The van der Waals surface area contributed by atoms with E-state index >= 15 is 0 Å². The quantitative estimate of drug-likeness (QED) is 0.704. The van der Waals surface area contributed by atoms with Crippen molar-refractivity contribution in [2.45, 2.75) is 0 Å². The van der Waals surface area contributed by atoms with Crippen LogP contribution in [0.1, 0.15) is 15.9 Å². The van der Waals surface area contributed by atoms with E-state index in [4.69, 9.17) is 10.2 Å². The molecule has 0 saturated carbocycles. The van der Waals surface area contributed by atoms with E-state index in [0.29, 0.717) is 16.5 Å². The highest BCUT2D eigenvalue weighted by Gasteiger charge is 2.10. The van der Waals surface area contributed by atoms with Crippen LogP contribution in [0.5, 0.6) is 0 Å². The lowest BCUT2D eigenvalue weighted by Crippen LogP contribution is -1.96. The summed E-state index contributed by atoms with van der Waals surface area (Å²) in [6, 6.07) is 4.85. The van der Waals surface area contributed by atoms with Gasteiger partial charge >= 0.3 is 11.9 Å². The van der Waals surface area contributed by atoms with E-state index in [1.807, 2.05) is 0 Å². The molecule has 0 atom stereocenters. The Hall–Kier alpha value is -2.56. The molecule has 17 heavy (non-hydrogen) atoms. The van der Waals surface area contributed by atoms with Gasteiger partial charge in [-0.25, -0.2) is 9.59 Å². The van der Waals surface area contributed by atoms with Crippen molar-refractivity contribution in [1.82, 2.24) is 4.98 Å². The van der Waals surface area contributed by atoms with Crippen molar-refractivity contribution in [2.24, 2.45) is 0 Å². The van der Waals surface area contributed by atoms with Crippen LogP contribution in [0.15, 0.2) is 30.5 Å². The normalized spacial score (nSPS) is 11.1. The standard InChI is InChI=1S/C12H9NO4/c14-10(15)5-4-7-6-13-11-8(7)2-1-3-9(11)12(16)17/h1-6,13H,(H,14,15)(H,16,17)/b5-4+. The zero-order chi connectivity index (χ0) is 12.4. The number of fused-ring (bicyclic) bond motifs is 1. The van der Waals surface area contributed by atoms with Gasteiger partial charge in [-0.3, -0.25) is 0 Å². The summed E-state index contributed by atoms with van der Waals surface area (Å²) in [5.74, 6) is -2.07. The van der Waals surface area contributed by atoms with Gasteiger partial charge in [-0.2, -0.15) is 0 Å². The lowest BCUT2D eigenvalue weighted by Gasteiger charge is -1.96. The number of rotatable bonds is 3. The number of carboxylic acid groups (broad SMARTS) is 2. The van der Waals surface area contributed by atoms with Gasteiger partial charge < -0.3 is 15.2 Å². The van der Waals surface area contributed by atoms with Gasteiger partial charge in [-0.1, -0.05) is 12.1 Å². The summed E-state index contributed by atoms with van der Waals surface area (Å²) in [5.41, 5.74) is 1.30. The smallest absolute Gasteiger partial charge is 0.337 e. The van der Waals surface area contributed by atoms with E-state index in [0.717, 1.165) is 6.08 Å². The number of para-hydroxylation sites is 1. The molecule has 2 rings (SSSR count). The Balaban J connectivity index is 2.59. The second kappa shape index (κ2) is 4.13. The van der Waals surface area contributed by atoms with Crippen molar-refractivity contribution in [1.29, 1.82) is 0 Å². The molecule has 0 aliphatic heterocycles. The predicted molar refractivity (Wildman–Crippen MR) is 61.9 cm³/mol. The molecule has 5 heteroatoms. The van der Waals surface area contributed by atoms with Gasteiger partial charge in [-0.05, 0) is 12.1 Å². The largest absolute Gasteiger partial charge is 0.478 e. The number of carbonyl (C=O) groups is 2. The molecule has 3 N–H and O–H groups in total. The second-order valence-corrected chi connectivity index (χ2v) is 3.45. The lowest BCUT2D eigenvalue weighted by molar-refractivity contribution is -0.131. The van der Waals surface area contributed by atoms with E-state index < -0.39 is 11.9 Å². The molecule has 0 amide bonds. The molecular formula is C12H9NO4. The molecule has 0 spiro atoms. The number of aromatic carboxylic acids is 1. The van der Waals surface area contributed by atoms with E-state index in [-0.39, 0.29) is 5.56 Å². The van der Waals surface area contributed by atoms with Gasteiger partial charge in [0.25, 0.3) is 0 Å². The van der Waals surface area contributed by atoms with Crippen LogP contribution in [-0.4, -0.2) is 27.1 Å². The number of hydrogen-bond donors (Lipinski definition) is 3. The monoisotopic (exact) mass is 231 g/mol. The molecule has 1 heterocycles. The second-order valence-electron chi connectivity index (χ2n) is 3.45. The maximum atomic E-state index is 11.0. The van der Waals surface area contributed by atoms with Crippen molar-refractivity contribution < 1.29 is 19.8 Å². The molecule has 0 saturated heterocycles. The summed E-state index contributed by atoms with van der Waals surface area (Å²) in [6.45, 7) is 0. The first-order chi connectivity index (χ1) is 8.09.